The standard InChI is InChI=1S/C24H24ClFN4O2S/c1-13-18-7-8-20(26)23(25)22(18)14(2)32-21-9-16(11-29-24(21)27)19-10-17(33(4,28)31)6-5-15(19)12-30(13)3/h5-11,14H,1,4,12H2,2-3H3,(H2,27,29)(H2,28,31). The van der Waals surface area contributed by atoms with Crippen molar-refractivity contribution in [1.29, 1.82) is 0 Å². The molecule has 1 aliphatic heterocycles. The normalized spacial score (nSPS) is 17.7. The number of rotatable bonds is 1. The Labute approximate surface area is 197 Å². The summed E-state index contributed by atoms with van der Waals surface area (Å²) in [5, 5.41) is 5.77. The van der Waals surface area contributed by atoms with Crippen molar-refractivity contribution in [3.8, 4) is 16.9 Å². The van der Waals surface area contributed by atoms with Crippen LogP contribution in [-0.2, 0) is 16.3 Å². The van der Waals surface area contributed by atoms with Gasteiger partial charge in [-0.2, -0.15) is 0 Å². The van der Waals surface area contributed by atoms with Crippen LogP contribution < -0.4 is 15.6 Å². The molecule has 3 aromatic rings. The van der Waals surface area contributed by atoms with E-state index in [-0.39, 0.29) is 10.8 Å². The predicted octanol–water partition coefficient (Wildman–Crippen LogP) is 4.63. The van der Waals surface area contributed by atoms with E-state index in [4.69, 9.17) is 27.2 Å². The van der Waals surface area contributed by atoms with E-state index in [1.54, 1.807) is 37.4 Å². The van der Waals surface area contributed by atoms with Gasteiger partial charge in [0.2, 0.25) is 0 Å². The number of hydrogen-bond donors (Lipinski definition) is 2. The number of nitrogen functional groups attached to an aromatic ring is 1. The van der Waals surface area contributed by atoms with Gasteiger partial charge in [0.1, 0.15) is 11.9 Å². The van der Waals surface area contributed by atoms with Gasteiger partial charge in [-0.1, -0.05) is 24.2 Å². The van der Waals surface area contributed by atoms with Crippen LogP contribution in [0.25, 0.3) is 16.8 Å². The number of aromatic nitrogens is 1. The van der Waals surface area contributed by atoms with E-state index < -0.39 is 21.6 Å². The van der Waals surface area contributed by atoms with Crippen molar-refractivity contribution in [2.75, 3.05) is 12.8 Å². The van der Waals surface area contributed by atoms with E-state index >= 15 is 0 Å². The summed E-state index contributed by atoms with van der Waals surface area (Å²) in [4.78, 5) is 6.62. The molecule has 2 aromatic carbocycles. The molecule has 4 N–H and O–H groups in total. The summed E-state index contributed by atoms with van der Waals surface area (Å²) >= 11 is 6.37. The number of halogens is 2. The first kappa shape index (κ1) is 23.1. The quantitative estimate of drug-likeness (QED) is 0.489. The van der Waals surface area contributed by atoms with E-state index in [1.807, 2.05) is 18.0 Å². The maximum atomic E-state index is 14.4. The molecule has 2 heterocycles. The number of pyridine rings is 1. The molecule has 0 saturated heterocycles. The fraction of sp³-hybridized carbons (Fsp3) is 0.167. The summed E-state index contributed by atoms with van der Waals surface area (Å²) in [6.07, 6.45) is 0.957. The molecule has 33 heavy (non-hydrogen) atoms. The number of nitrogens with zero attached hydrogens (tertiary/aromatic N) is 2. The number of ether oxygens (including phenoxy) is 1. The lowest BCUT2D eigenvalue weighted by Gasteiger charge is -2.28. The van der Waals surface area contributed by atoms with Gasteiger partial charge in [0.15, 0.2) is 11.6 Å². The molecular formula is C24H24ClFN4O2S. The van der Waals surface area contributed by atoms with Gasteiger partial charge in [-0.15, -0.1) is 0 Å². The Morgan fingerprint density at radius 1 is 1.27 bits per heavy atom. The third-order valence-corrected chi connectivity index (χ3v) is 7.13. The first-order chi connectivity index (χ1) is 15.5. The fourth-order valence-electron chi connectivity index (χ4n) is 3.90. The summed E-state index contributed by atoms with van der Waals surface area (Å²) in [7, 11) is -1.05. The highest BCUT2D eigenvalue weighted by Crippen LogP contribution is 2.39. The van der Waals surface area contributed by atoms with E-state index in [1.165, 1.54) is 6.07 Å². The predicted molar refractivity (Wildman–Crippen MR) is 133 cm³/mol. The van der Waals surface area contributed by atoms with Crippen LogP contribution in [0.15, 0.2) is 54.1 Å². The zero-order valence-corrected chi connectivity index (χ0v) is 19.8. The molecule has 0 saturated carbocycles. The smallest absolute Gasteiger partial charge is 0.166 e. The van der Waals surface area contributed by atoms with Gasteiger partial charge in [0, 0.05) is 47.1 Å². The molecule has 1 aromatic heterocycles. The molecule has 0 aliphatic carbocycles. The van der Waals surface area contributed by atoms with Gasteiger partial charge in [-0.05, 0) is 54.3 Å². The Kier molecular flexibility index (Phi) is 5.86. The van der Waals surface area contributed by atoms with Crippen LogP contribution in [0, 0.1) is 5.82 Å². The van der Waals surface area contributed by atoms with Crippen molar-refractivity contribution >= 4 is 38.7 Å². The number of benzene rings is 2. The van der Waals surface area contributed by atoms with Crippen LogP contribution in [0.5, 0.6) is 5.75 Å². The van der Waals surface area contributed by atoms with Crippen molar-refractivity contribution in [2.24, 2.45) is 5.14 Å². The van der Waals surface area contributed by atoms with Crippen molar-refractivity contribution in [2.45, 2.75) is 24.5 Å². The number of hydrogen-bond acceptors (Lipinski definition) is 5. The van der Waals surface area contributed by atoms with Crippen LogP contribution in [-0.4, -0.2) is 27.0 Å². The van der Waals surface area contributed by atoms with Gasteiger partial charge < -0.3 is 15.4 Å². The summed E-state index contributed by atoms with van der Waals surface area (Å²) in [6.45, 7) is 6.43. The van der Waals surface area contributed by atoms with Crippen LogP contribution in [0.2, 0.25) is 5.02 Å². The number of anilines is 1. The molecule has 2 atom stereocenters. The maximum Gasteiger partial charge on any atom is 0.166 e. The Bertz CT molecular complexity index is 1390. The van der Waals surface area contributed by atoms with Gasteiger partial charge in [0.25, 0.3) is 0 Å². The summed E-state index contributed by atoms with van der Waals surface area (Å²) in [5.74, 6) is 3.52. The zero-order valence-electron chi connectivity index (χ0n) is 18.3. The first-order valence-electron chi connectivity index (χ1n) is 10.1. The van der Waals surface area contributed by atoms with E-state index in [0.717, 1.165) is 11.1 Å². The molecule has 1 aliphatic rings. The molecular weight excluding hydrogens is 463 g/mol. The Hall–Kier alpha value is -3.07. The largest absolute Gasteiger partial charge is 0.482 e. The molecule has 0 radical (unpaired) electrons. The highest BCUT2D eigenvalue weighted by molar-refractivity contribution is 7.98. The van der Waals surface area contributed by atoms with Crippen LogP contribution in [0.1, 0.15) is 29.7 Å². The molecule has 2 unspecified atom stereocenters. The summed E-state index contributed by atoms with van der Waals surface area (Å²) in [6, 6.07) is 9.97. The summed E-state index contributed by atoms with van der Waals surface area (Å²) < 4.78 is 32.9. The lowest BCUT2D eigenvalue weighted by Crippen LogP contribution is -2.20. The molecule has 9 heteroatoms. The SMILES string of the molecule is C=C1c2ccc(F)c(Cl)c2C(C)Oc2cc(cnc2N)-c2cc(S(=C)(N)=O)ccc2CN1C. The van der Waals surface area contributed by atoms with E-state index in [9.17, 15) is 8.60 Å². The van der Waals surface area contributed by atoms with Crippen molar-refractivity contribution < 1.29 is 13.3 Å². The Morgan fingerprint density at radius 2 is 2.00 bits per heavy atom. The minimum atomic E-state index is -2.93. The van der Waals surface area contributed by atoms with Crippen LogP contribution in [0.3, 0.4) is 0 Å². The zero-order chi connectivity index (χ0) is 24.1. The van der Waals surface area contributed by atoms with Gasteiger partial charge in [-0.25, -0.2) is 13.6 Å². The minimum absolute atomic E-state index is 0.0347. The topological polar surface area (TPSA) is 94.5 Å². The third kappa shape index (κ3) is 4.29. The lowest BCUT2D eigenvalue weighted by atomic mass is 9.97. The van der Waals surface area contributed by atoms with Gasteiger partial charge in [-0.3, -0.25) is 5.14 Å². The van der Waals surface area contributed by atoms with Gasteiger partial charge >= 0.3 is 0 Å². The highest BCUT2D eigenvalue weighted by atomic mass is 35.5. The first-order valence-corrected chi connectivity index (χ1v) is 12.2. The Morgan fingerprint density at radius 3 is 2.70 bits per heavy atom. The highest BCUT2D eigenvalue weighted by Gasteiger charge is 2.25. The van der Waals surface area contributed by atoms with E-state index in [2.05, 4.69) is 17.4 Å². The third-order valence-electron chi connectivity index (χ3n) is 5.70. The fourth-order valence-corrected chi connectivity index (χ4v) is 4.83. The van der Waals surface area contributed by atoms with Crippen molar-refractivity contribution in [3.05, 3.63) is 76.7 Å². The summed E-state index contributed by atoms with van der Waals surface area (Å²) in [5.41, 5.74) is 10.2. The Balaban J connectivity index is 1.99. The lowest BCUT2D eigenvalue weighted by molar-refractivity contribution is 0.226. The average Bonchev–Trinajstić information content (AvgIpc) is 2.75. The monoisotopic (exact) mass is 486 g/mol. The molecule has 2 bridgehead atoms. The van der Waals surface area contributed by atoms with Crippen molar-refractivity contribution in [3.63, 3.8) is 0 Å². The maximum absolute atomic E-state index is 14.4. The molecule has 0 spiro atoms. The molecule has 4 rings (SSSR count). The second-order valence-corrected chi connectivity index (χ2v) is 10.3. The van der Waals surface area contributed by atoms with Gasteiger partial charge in [0.05, 0.1) is 14.7 Å². The minimum Gasteiger partial charge on any atom is -0.482 e. The number of nitrogens with two attached hydrogens (primary N) is 2. The molecule has 6 nitrogen and oxygen atoms in total. The second kappa shape index (κ2) is 8.37. The number of fused-ring (bicyclic) bond motifs is 5. The molecule has 0 amide bonds. The second-order valence-electron chi connectivity index (χ2n) is 8.04. The van der Waals surface area contributed by atoms with Crippen LogP contribution >= 0.6 is 11.6 Å². The average molecular weight is 487 g/mol. The van der Waals surface area contributed by atoms with E-state index in [0.29, 0.717) is 39.6 Å². The van der Waals surface area contributed by atoms with Crippen molar-refractivity contribution in [1.82, 2.24) is 9.88 Å². The molecule has 0 fully saturated rings. The molecule has 172 valence electrons. The van der Waals surface area contributed by atoms with Crippen LogP contribution in [0.4, 0.5) is 10.2 Å².